The molecule has 0 aliphatic rings. The number of carbonyl (C=O) groups excluding carboxylic acids is 2. The number of nitrogens with zero attached hydrogens (tertiary/aromatic N) is 3. The van der Waals surface area contributed by atoms with E-state index in [4.69, 9.17) is 0 Å². The van der Waals surface area contributed by atoms with Crippen molar-refractivity contribution < 1.29 is 19.5 Å². The van der Waals surface area contributed by atoms with Crippen molar-refractivity contribution in [1.29, 1.82) is 0 Å². The first-order chi connectivity index (χ1) is 11.3. The summed E-state index contributed by atoms with van der Waals surface area (Å²) in [5.74, 6) is -1.72. The van der Waals surface area contributed by atoms with E-state index in [9.17, 15) is 19.5 Å². The summed E-state index contributed by atoms with van der Waals surface area (Å²) >= 11 is 0. The Balaban J connectivity index is 2.96. The van der Waals surface area contributed by atoms with Gasteiger partial charge in [-0.15, -0.1) is 0 Å². The van der Waals surface area contributed by atoms with Crippen LogP contribution in [0.4, 0.5) is 0 Å². The molecule has 1 heterocycles. The van der Waals surface area contributed by atoms with E-state index in [1.54, 1.807) is 11.6 Å². The molecule has 8 nitrogen and oxygen atoms in total. The first kappa shape index (κ1) is 19.7. The van der Waals surface area contributed by atoms with Crippen LogP contribution in [0.2, 0.25) is 0 Å². The Morgan fingerprint density at radius 3 is 2.62 bits per heavy atom. The van der Waals surface area contributed by atoms with Gasteiger partial charge in [-0.25, -0.2) is 4.79 Å². The molecular formula is C16H26N4O4. The van der Waals surface area contributed by atoms with Gasteiger partial charge in [-0.1, -0.05) is 13.3 Å². The van der Waals surface area contributed by atoms with Gasteiger partial charge in [0.15, 0.2) is 0 Å². The highest BCUT2D eigenvalue weighted by Gasteiger charge is 2.28. The second kappa shape index (κ2) is 9.05. The molecule has 0 bridgehead atoms. The van der Waals surface area contributed by atoms with Crippen LogP contribution in [-0.4, -0.2) is 56.7 Å². The van der Waals surface area contributed by atoms with Crippen LogP contribution >= 0.6 is 0 Å². The predicted octanol–water partition coefficient (Wildman–Crippen LogP) is 1.04. The average Bonchev–Trinajstić information content (AvgIpc) is 2.88. The lowest BCUT2D eigenvalue weighted by Gasteiger charge is -2.26. The Morgan fingerprint density at radius 1 is 1.42 bits per heavy atom. The van der Waals surface area contributed by atoms with Crippen LogP contribution in [0.3, 0.4) is 0 Å². The molecule has 0 radical (unpaired) electrons. The van der Waals surface area contributed by atoms with Gasteiger partial charge in [0.1, 0.15) is 6.04 Å². The Kier molecular flexibility index (Phi) is 7.41. The van der Waals surface area contributed by atoms with E-state index in [2.05, 4.69) is 17.3 Å². The second-order valence-electron chi connectivity index (χ2n) is 5.72. The Hall–Kier alpha value is -2.38. The van der Waals surface area contributed by atoms with Crippen LogP contribution in [-0.2, 0) is 16.1 Å². The average molecular weight is 338 g/mol. The van der Waals surface area contributed by atoms with Gasteiger partial charge in [0.25, 0.3) is 5.91 Å². The molecule has 1 unspecified atom stereocenters. The highest BCUT2D eigenvalue weighted by molar-refractivity contribution is 5.97. The lowest BCUT2D eigenvalue weighted by molar-refractivity contribution is -0.141. The zero-order chi connectivity index (χ0) is 18.3. The molecule has 0 aliphatic heterocycles. The smallest absolute Gasteiger partial charge is 0.326 e. The minimum Gasteiger partial charge on any atom is -0.480 e. The first-order valence-corrected chi connectivity index (χ1v) is 8.10. The number of unbranched alkanes of at least 4 members (excludes halogenated alkanes) is 1. The third-order valence-corrected chi connectivity index (χ3v) is 3.87. The zero-order valence-corrected chi connectivity index (χ0v) is 14.7. The van der Waals surface area contributed by atoms with Crippen molar-refractivity contribution in [3.8, 4) is 0 Å². The second-order valence-corrected chi connectivity index (χ2v) is 5.72. The molecule has 134 valence electrons. The van der Waals surface area contributed by atoms with Gasteiger partial charge in [0.2, 0.25) is 5.91 Å². The molecule has 2 N–H and O–H groups in total. The van der Waals surface area contributed by atoms with Gasteiger partial charge in [-0.2, -0.15) is 5.10 Å². The molecule has 1 atom stereocenters. The fourth-order valence-electron chi connectivity index (χ4n) is 2.30. The van der Waals surface area contributed by atoms with E-state index < -0.39 is 17.9 Å². The maximum atomic E-state index is 12.8. The number of nitrogens with one attached hydrogen (secondary N) is 1. The lowest BCUT2D eigenvalue weighted by atomic mass is 10.2. The minimum atomic E-state index is -1.10. The number of hydrogen-bond donors (Lipinski definition) is 2. The normalized spacial score (nSPS) is 11.8. The van der Waals surface area contributed by atoms with Crippen LogP contribution in [0.5, 0.6) is 0 Å². The summed E-state index contributed by atoms with van der Waals surface area (Å²) in [6, 6.07) is -0.996. The standard InChI is InChI=1S/C16H26N4O4/c1-5-6-8-20-11(2)14(10-18-20)15(22)19(12(3)16(23)24)9-7-17-13(4)21/h10,12H,5-9H2,1-4H3,(H,17,21)(H,23,24). The Labute approximate surface area is 141 Å². The summed E-state index contributed by atoms with van der Waals surface area (Å²) in [6.45, 7) is 7.72. The van der Waals surface area contributed by atoms with E-state index in [1.165, 1.54) is 24.9 Å². The van der Waals surface area contributed by atoms with Gasteiger partial charge in [0.05, 0.1) is 11.8 Å². The van der Waals surface area contributed by atoms with E-state index >= 15 is 0 Å². The summed E-state index contributed by atoms with van der Waals surface area (Å²) in [4.78, 5) is 36.3. The first-order valence-electron chi connectivity index (χ1n) is 8.10. The quantitative estimate of drug-likeness (QED) is 0.700. The summed E-state index contributed by atoms with van der Waals surface area (Å²) in [5.41, 5.74) is 1.11. The zero-order valence-electron chi connectivity index (χ0n) is 14.7. The van der Waals surface area contributed by atoms with Crippen molar-refractivity contribution in [1.82, 2.24) is 20.0 Å². The number of amides is 2. The number of hydrogen-bond acceptors (Lipinski definition) is 4. The van der Waals surface area contributed by atoms with E-state index in [0.717, 1.165) is 25.1 Å². The minimum absolute atomic E-state index is 0.117. The molecule has 0 saturated heterocycles. The Morgan fingerprint density at radius 2 is 2.08 bits per heavy atom. The molecule has 1 aromatic rings. The largest absolute Gasteiger partial charge is 0.480 e. The van der Waals surface area contributed by atoms with Crippen molar-refractivity contribution in [3.05, 3.63) is 17.5 Å². The van der Waals surface area contributed by atoms with E-state index in [0.29, 0.717) is 5.56 Å². The highest BCUT2D eigenvalue weighted by Crippen LogP contribution is 2.14. The molecule has 24 heavy (non-hydrogen) atoms. The molecule has 0 aromatic carbocycles. The van der Waals surface area contributed by atoms with Crippen LogP contribution in [0.1, 0.15) is 49.7 Å². The monoisotopic (exact) mass is 338 g/mol. The van der Waals surface area contributed by atoms with E-state index in [-0.39, 0.29) is 19.0 Å². The number of carboxylic acid groups (broad SMARTS) is 1. The number of rotatable bonds is 9. The summed E-state index contributed by atoms with van der Waals surface area (Å²) < 4.78 is 1.76. The van der Waals surface area contributed by atoms with Crippen molar-refractivity contribution in [2.24, 2.45) is 0 Å². The molecule has 0 spiro atoms. The Bertz CT molecular complexity index is 597. The molecule has 0 aliphatic carbocycles. The van der Waals surface area contributed by atoms with Gasteiger partial charge in [0, 0.05) is 32.3 Å². The maximum absolute atomic E-state index is 12.8. The van der Waals surface area contributed by atoms with Crippen LogP contribution < -0.4 is 5.32 Å². The molecule has 1 aromatic heterocycles. The van der Waals surface area contributed by atoms with Gasteiger partial charge in [-0.3, -0.25) is 14.3 Å². The molecule has 1 rings (SSSR count). The van der Waals surface area contributed by atoms with Gasteiger partial charge in [-0.05, 0) is 20.3 Å². The topological polar surface area (TPSA) is 105 Å². The molecule has 8 heteroatoms. The predicted molar refractivity (Wildman–Crippen MR) is 88.7 cm³/mol. The number of aryl methyl sites for hydroxylation is 1. The van der Waals surface area contributed by atoms with Crippen molar-refractivity contribution >= 4 is 17.8 Å². The van der Waals surface area contributed by atoms with Crippen molar-refractivity contribution in [2.45, 2.75) is 53.1 Å². The fourth-order valence-corrected chi connectivity index (χ4v) is 2.30. The number of carboxylic acids is 1. The molecule has 0 saturated carbocycles. The molecule has 2 amide bonds. The van der Waals surface area contributed by atoms with Crippen molar-refractivity contribution in [3.63, 3.8) is 0 Å². The summed E-state index contributed by atoms with van der Waals surface area (Å²) in [5, 5.41) is 16.0. The van der Waals surface area contributed by atoms with Gasteiger partial charge < -0.3 is 15.3 Å². The third-order valence-electron chi connectivity index (χ3n) is 3.87. The highest BCUT2D eigenvalue weighted by atomic mass is 16.4. The maximum Gasteiger partial charge on any atom is 0.326 e. The molecular weight excluding hydrogens is 312 g/mol. The summed E-state index contributed by atoms with van der Waals surface area (Å²) in [7, 11) is 0. The SMILES string of the molecule is CCCCn1ncc(C(=O)N(CCNC(C)=O)C(C)C(=O)O)c1C. The van der Waals surface area contributed by atoms with Crippen molar-refractivity contribution in [2.75, 3.05) is 13.1 Å². The molecule has 0 fully saturated rings. The van der Waals surface area contributed by atoms with Crippen LogP contribution in [0, 0.1) is 6.92 Å². The number of aliphatic carboxylic acids is 1. The lowest BCUT2D eigenvalue weighted by Crippen LogP contribution is -2.46. The fraction of sp³-hybridized carbons (Fsp3) is 0.625. The summed E-state index contributed by atoms with van der Waals surface area (Å²) in [6.07, 6.45) is 3.45. The van der Waals surface area contributed by atoms with Gasteiger partial charge >= 0.3 is 5.97 Å². The van der Waals surface area contributed by atoms with E-state index in [1.807, 2.05) is 0 Å². The third kappa shape index (κ3) is 5.07. The van der Waals surface area contributed by atoms with Crippen LogP contribution in [0.25, 0.3) is 0 Å². The number of aromatic nitrogens is 2. The van der Waals surface area contributed by atoms with Crippen LogP contribution in [0.15, 0.2) is 6.20 Å². The number of carbonyl (C=O) groups is 3.